The highest BCUT2D eigenvalue weighted by molar-refractivity contribution is 7.89. The third-order valence-electron chi connectivity index (χ3n) is 4.91. The summed E-state index contributed by atoms with van der Waals surface area (Å²) in [6.45, 7) is 1.79. The van der Waals surface area contributed by atoms with E-state index in [1.54, 1.807) is 43.3 Å². The summed E-state index contributed by atoms with van der Waals surface area (Å²) in [6.07, 6.45) is 0. The van der Waals surface area contributed by atoms with Gasteiger partial charge in [0.25, 0.3) is 5.91 Å². The van der Waals surface area contributed by atoms with Gasteiger partial charge in [0.15, 0.2) is 11.5 Å². The van der Waals surface area contributed by atoms with E-state index in [0.717, 1.165) is 18.2 Å². The predicted octanol–water partition coefficient (Wildman–Crippen LogP) is 4.25. The van der Waals surface area contributed by atoms with Crippen LogP contribution >= 0.6 is 11.6 Å². The van der Waals surface area contributed by atoms with Gasteiger partial charge in [0.2, 0.25) is 16.8 Å². The molecule has 10 heteroatoms. The van der Waals surface area contributed by atoms with E-state index in [0.29, 0.717) is 33.3 Å². The number of carbonyl (C=O) groups is 1. The number of halogens is 2. The van der Waals surface area contributed by atoms with Crippen LogP contribution in [0.25, 0.3) is 0 Å². The molecule has 4 rings (SSSR count). The Morgan fingerprint density at radius 3 is 2.69 bits per heavy atom. The molecule has 0 aromatic heterocycles. The van der Waals surface area contributed by atoms with E-state index in [2.05, 4.69) is 10.0 Å². The van der Waals surface area contributed by atoms with Crippen molar-refractivity contribution in [3.05, 3.63) is 82.1 Å². The molecule has 1 heterocycles. The second kappa shape index (κ2) is 8.78. The van der Waals surface area contributed by atoms with Crippen molar-refractivity contribution in [2.24, 2.45) is 0 Å². The van der Waals surface area contributed by atoms with Gasteiger partial charge in [-0.25, -0.2) is 17.5 Å². The number of sulfonamides is 1. The molecular formula is C22H18ClFN2O5S. The fourth-order valence-electron chi connectivity index (χ4n) is 3.09. The zero-order valence-corrected chi connectivity index (χ0v) is 18.4. The van der Waals surface area contributed by atoms with Crippen LogP contribution in [0.4, 0.5) is 10.1 Å². The minimum atomic E-state index is -4.02. The molecule has 0 saturated carbocycles. The number of nitrogens with one attached hydrogen (secondary N) is 2. The summed E-state index contributed by atoms with van der Waals surface area (Å²) >= 11 is 6.05. The first kappa shape index (κ1) is 22.1. The van der Waals surface area contributed by atoms with Crippen LogP contribution in [0.5, 0.6) is 11.5 Å². The molecule has 32 heavy (non-hydrogen) atoms. The Balaban J connectivity index is 1.53. The van der Waals surface area contributed by atoms with Crippen molar-refractivity contribution in [1.82, 2.24) is 4.72 Å². The lowest BCUT2D eigenvalue weighted by atomic mass is 10.1. The topological polar surface area (TPSA) is 93.7 Å². The normalized spacial score (nSPS) is 12.6. The van der Waals surface area contributed by atoms with E-state index in [-0.39, 0.29) is 18.2 Å². The van der Waals surface area contributed by atoms with Crippen LogP contribution in [0, 0.1) is 12.7 Å². The fraction of sp³-hybridized carbons (Fsp3) is 0.136. The molecule has 0 saturated heterocycles. The molecule has 0 bridgehead atoms. The Hall–Kier alpha value is -3.14. The number of carbonyl (C=O) groups excluding carboxylic acids is 1. The maximum atomic E-state index is 14.3. The molecular weight excluding hydrogens is 459 g/mol. The minimum Gasteiger partial charge on any atom is -0.454 e. The quantitative estimate of drug-likeness (QED) is 0.555. The second-order valence-corrected chi connectivity index (χ2v) is 9.19. The molecule has 0 aliphatic carbocycles. The molecule has 3 aromatic carbocycles. The number of anilines is 1. The molecule has 2 N–H and O–H groups in total. The van der Waals surface area contributed by atoms with Crippen LogP contribution in [0.1, 0.15) is 21.5 Å². The van der Waals surface area contributed by atoms with Gasteiger partial charge >= 0.3 is 0 Å². The molecule has 1 amide bonds. The first-order chi connectivity index (χ1) is 15.2. The Labute approximate surface area is 189 Å². The monoisotopic (exact) mass is 476 g/mol. The number of rotatable bonds is 6. The molecule has 0 radical (unpaired) electrons. The highest BCUT2D eigenvalue weighted by Crippen LogP contribution is 2.32. The third kappa shape index (κ3) is 4.55. The van der Waals surface area contributed by atoms with Crippen molar-refractivity contribution in [2.45, 2.75) is 18.4 Å². The van der Waals surface area contributed by atoms with Crippen molar-refractivity contribution >= 4 is 33.2 Å². The van der Waals surface area contributed by atoms with Gasteiger partial charge < -0.3 is 14.8 Å². The molecule has 0 atom stereocenters. The number of hydrogen-bond acceptors (Lipinski definition) is 5. The third-order valence-corrected chi connectivity index (χ3v) is 6.72. The molecule has 0 fully saturated rings. The van der Waals surface area contributed by atoms with Crippen LogP contribution < -0.4 is 19.5 Å². The number of ether oxygens (including phenoxy) is 2. The highest BCUT2D eigenvalue weighted by Gasteiger charge is 2.21. The maximum Gasteiger partial charge on any atom is 0.258 e. The zero-order chi connectivity index (χ0) is 22.9. The van der Waals surface area contributed by atoms with Crippen LogP contribution in [-0.4, -0.2) is 21.1 Å². The van der Waals surface area contributed by atoms with Crippen molar-refractivity contribution in [1.29, 1.82) is 0 Å². The number of hydrogen-bond donors (Lipinski definition) is 2. The Morgan fingerprint density at radius 1 is 1.09 bits per heavy atom. The van der Waals surface area contributed by atoms with Crippen LogP contribution in [0.2, 0.25) is 5.02 Å². The molecule has 1 aliphatic heterocycles. The van der Waals surface area contributed by atoms with E-state index in [4.69, 9.17) is 21.1 Å². The van der Waals surface area contributed by atoms with Crippen LogP contribution in [0.3, 0.4) is 0 Å². The summed E-state index contributed by atoms with van der Waals surface area (Å²) in [4.78, 5) is 12.4. The summed E-state index contributed by atoms with van der Waals surface area (Å²) in [6, 6.07) is 13.0. The van der Waals surface area contributed by atoms with Gasteiger partial charge in [0, 0.05) is 17.3 Å². The second-order valence-electron chi connectivity index (χ2n) is 7.02. The summed E-state index contributed by atoms with van der Waals surface area (Å²) in [5.74, 6) is -0.530. The summed E-state index contributed by atoms with van der Waals surface area (Å²) in [7, 11) is -4.02. The molecule has 7 nitrogen and oxygen atoms in total. The molecule has 0 spiro atoms. The van der Waals surface area contributed by atoms with Crippen molar-refractivity contribution in [3.63, 3.8) is 0 Å². The van der Waals surface area contributed by atoms with Crippen LogP contribution in [0.15, 0.2) is 59.5 Å². The molecule has 0 unspecified atom stereocenters. The van der Waals surface area contributed by atoms with Crippen molar-refractivity contribution < 1.29 is 27.1 Å². The Morgan fingerprint density at radius 2 is 1.88 bits per heavy atom. The van der Waals surface area contributed by atoms with Gasteiger partial charge in [-0.2, -0.15) is 0 Å². The zero-order valence-electron chi connectivity index (χ0n) is 16.8. The average Bonchev–Trinajstić information content (AvgIpc) is 3.23. The van der Waals surface area contributed by atoms with Gasteiger partial charge in [-0.3, -0.25) is 4.79 Å². The van der Waals surface area contributed by atoms with Crippen molar-refractivity contribution in [3.8, 4) is 11.5 Å². The van der Waals surface area contributed by atoms with Gasteiger partial charge in [-0.15, -0.1) is 0 Å². The fourth-order valence-corrected chi connectivity index (χ4v) is 4.31. The number of amides is 1. The molecule has 3 aromatic rings. The van der Waals surface area contributed by atoms with E-state index in [9.17, 15) is 17.6 Å². The first-order valence-electron chi connectivity index (χ1n) is 9.49. The Bertz CT molecular complexity index is 1310. The van der Waals surface area contributed by atoms with E-state index in [1.165, 1.54) is 0 Å². The first-order valence-corrected chi connectivity index (χ1v) is 11.3. The van der Waals surface area contributed by atoms with Gasteiger partial charge in [-0.05, 0) is 60.5 Å². The van der Waals surface area contributed by atoms with Gasteiger partial charge in [0.05, 0.1) is 10.5 Å². The number of fused-ring (bicyclic) bond motifs is 1. The number of benzene rings is 3. The standard InChI is InChI=1S/C22H18ClFN2O5S/c1-13-17(23)3-2-4-19(13)26-22(27)16-10-15(6-7-18(16)24)32(28,29)25-11-14-5-8-20-21(9-14)31-12-30-20/h2-10,25H,11-12H2,1H3,(H,26,27). The average molecular weight is 477 g/mol. The Kier molecular flexibility index (Phi) is 6.05. The minimum absolute atomic E-state index is 0.0282. The maximum absolute atomic E-state index is 14.3. The van der Waals surface area contributed by atoms with Gasteiger partial charge in [-0.1, -0.05) is 23.7 Å². The van der Waals surface area contributed by atoms with E-state index < -0.39 is 27.3 Å². The molecule has 166 valence electrons. The SMILES string of the molecule is Cc1c(Cl)cccc1NC(=O)c1cc(S(=O)(=O)NCc2ccc3c(c2)OCO3)ccc1F. The van der Waals surface area contributed by atoms with E-state index >= 15 is 0 Å². The summed E-state index contributed by atoms with van der Waals surface area (Å²) < 4.78 is 52.8. The molecule has 1 aliphatic rings. The van der Waals surface area contributed by atoms with E-state index in [1.807, 2.05) is 0 Å². The van der Waals surface area contributed by atoms with Gasteiger partial charge in [0.1, 0.15) is 5.82 Å². The largest absolute Gasteiger partial charge is 0.454 e. The summed E-state index contributed by atoms with van der Waals surface area (Å²) in [5.41, 5.74) is 1.25. The predicted molar refractivity (Wildman–Crippen MR) is 117 cm³/mol. The lowest BCUT2D eigenvalue weighted by Crippen LogP contribution is -2.24. The lowest BCUT2D eigenvalue weighted by molar-refractivity contribution is 0.102. The highest BCUT2D eigenvalue weighted by atomic mass is 35.5. The lowest BCUT2D eigenvalue weighted by Gasteiger charge is -2.12. The summed E-state index contributed by atoms with van der Waals surface area (Å²) in [5, 5.41) is 3.00. The van der Waals surface area contributed by atoms with Crippen LogP contribution in [-0.2, 0) is 16.6 Å². The van der Waals surface area contributed by atoms with Crippen molar-refractivity contribution in [2.75, 3.05) is 12.1 Å². The smallest absolute Gasteiger partial charge is 0.258 e.